The van der Waals surface area contributed by atoms with Crippen molar-refractivity contribution in [3.05, 3.63) is 65.2 Å². The number of rotatable bonds is 13. The van der Waals surface area contributed by atoms with Gasteiger partial charge < -0.3 is 24.2 Å². The van der Waals surface area contributed by atoms with Gasteiger partial charge >= 0.3 is 12.1 Å². The number of carboxylic acids is 1. The Morgan fingerprint density at radius 3 is 2.33 bits per heavy atom. The van der Waals surface area contributed by atoms with Gasteiger partial charge in [-0.05, 0) is 48.6 Å². The lowest BCUT2D eigenvalue weighted by Crippen LogP contribution is -2.37. The number of carbonyl (C=O) groups is 2. The topological polar surface area (TPSA) is 85.3 Å². The average molecular weight is 508 g/mol. The van der Waals surface area contributed by atoms with Gasteiger partial charge in [0, 0.05) is 31.2 Å². The number of hydrogen-bond donors (Lipinski definition) is 1. The van der Waals surface area contributed by atoms with Gasteiger partial charge in [0.1, 0.15) is 30.6 Å². The molecule has 0 radical (unpaired) electrons. The Morgan fingerprint density at radius 1 is 1.06 bits per heavy atom. The van der Waals surface area contributed by atoms with E-state index in [-0.39, 0.29) is 37.2 Å². The predicted molar refractivity (Wildman–Crippen MR) is 131 cm³/mol. The molecule has 0 heterocycles. The van der Waals surface area contributed by atoms with E-state index in [1.54, 1.807) is 31.2 Å². The number of ether oxygens (including phenoxy) is 3. The summed E-state index contributed by atoms with van der Waals surface area (Å²) in [5, 5.41) is 9.23. The second-order valence-corrected chi connectivity index (χ2v) is 9.57. The van der Waals surface area contributed by atoms with E-state index in [4.69, 9.17) is 14.2 Å². The number of carbonyl (C=O) groups excluding carboxylic acids is 1. The van der Waals surface area contributed by atoms with Crippen LogP contribution in [0.25, 0.3) is 0 Å². The van der Waals surface area contributed by atoms with Crippen LogP contribution in [0.4, 0.5) is 13.6 Å². The Kier molecular flexibility index (Phi) is 11.1. The molecule has 0 bridgehead atoms. The van der Waals surface area contributed by atoms with Crippen molar-refractivity contribution >= 4 is 12.1 Å². The van der Waals surface area contributed by atoms with E-state index in [0.29, 0.717) is 25.3 Å². The summed E-state index contributed by atoms with van der Waals surface area (Å²) in [5.41, 5.74) is 0.867. The van der Waals surface area contributed by atoms with Crippen LogP contribution >= 0.6 is 0 Å². The second kappa shape index (κ2) is 13.8. The van der Waals surface area contributed by atoms with E-state index in [9.17, 15) is 23.5 Å². The van der Waals surface area contributed by atoms with Gasteiger partial charge in [-0.25, -0.2) is 18.4 Å². The third-order valence-corrected chi connectivity index (χ3v) is 5.37. The van der Waals surface area contributed by atoms with Crippen LogP contribution in [-0.4, -0.2) is 54.5 Å². The maximum atomic E-state index is 13.9. The lowest BCUT2D eigenvalue weighted by Gasteiger charge is -2.26. The van der Waals surface area contributed by atoms with Crippen molar-refractivity contribution in [1.82, 2.24) is 4.90 Å². The van der Waals surface area contributed by atoms with Crippen molar-refractivity contribution in [3.63, 3.8) is 0 Å². The Morgan fingerprint density at radius 2 is 1.75 bits per heavy atom. The molecule has 0 aromatic heterocycles. The van der Waals surface area contributed by atoms with Crippen molar-refractivity contribution in [3.8, 4) is 5.75 Å². The van der Waals surface area contributed by atoms with Crippen molar-refractivity contribution in [2.75, 3.05) is 26.3 Å². The minimum Gasteiger partial charge on any atom is -0.492 e. The highest BCUT2D eigenvalue weighted by molar-refractivity contribution is 5.72. The third kappa shape index (κ3) is 10.2. The minimum atomic E-state index is -1.01. The van der Waals surface area contributed by atoms with Crippen LogP contribution < -0.4 is 4.74 Å². The van der Waals surface area contributed by atoms with Crippen molar-refractivity contribution in [2.24, 2.45) is 5.41 Å². The van der Waals surface area contributed by atoms with Crippen LogP contribution in [0.3, 0.4) is 0 Å². The zero-order valence-electron chi connectivity index (χ0n) is 21.3. The standard InChI is InChI=1S/C27H35F2NO6/c1-5-34-24(25(31)32)16-19-6-10-22(11-7-19)35-15-14-30(13-12-27(2,3)4)26(33)36-18-20-8-9-21(28)17-23(20)29/h6-11,17,24H,5,12-16,18H2,1-4H3,(H,31,32). The first kappa shape index (κ1) is 29.0. The quantitative estimate of drug-likeness (QED) is 0.388. The maximum absolute atomic E-state index is 13.9. The molecule has 2 aromatic rings. The van der Waals surface area contributed by atoms with Crippen molar-refractivity contribution in [1.29, 1.82) is 0 Å². The highest BCUT2D eigenvalue weighted by atomic mass is 19.1. The lowest BCUT2D eigenvalue weighted by molar-refractivity contribution is -0.149. The summed E-state index contributed by atoms with van der Waals surface area (Å²) in [4.78, 5) is 25.5. The molecule has 7 nitrogen and oxygen atoms in total. The minimum absolute atomic E-state index is 0.0203. The first-order valence-corrected chi connectivity index (χ1v) is 11.9. The first-order valence-electron chi connectivity index (χ1n) is 11.9. The van der Waals surface area contributed by atoms with E-state index in [0.717, 1.165) is 17.7 Å². The summed E-state index contributed by atoms with van der Waals surface area (Å²) in [5.74, 6) is -1.91. The van der Waals surface area contributed by atoms with Crippen LogP contribution in [0.2, 0.25) is 0 Å². The molecule has 1 atom stereocenters. The van der Waals surface area contributed by atoms with E-state index in [2.05, 4.69) is 20.8 Å². The fraction of sp³-hybridized carbons (Fsp3) is 0.481. The third-order valence-electron chi connectivity index (χ3n) is 5.37. The second-order valence-electron chi connectivity index (χ2n) is 9.57. The molecule has 198 valence electrons. The molecule has 1 amide bonds. The van der Waals surface area contributed by atoms with Crippen molar-refractivity contribution in [2.45, 2.75) is 53.2 Å². The molecule has 2 aromatic carbocycles. The number of aliphatic carboxylic acids is 1. The fourth-order valence-corrected chi connectivity index (χ4v) is 3.26. The number of halogens is 2. The van der Waals surface area contributed by atoms with Crippen LogP contribution in [-0.2, 0) is 27.3 Å². The van der Waals surface area contributed by atoms with Crippen molar-refractivity contribution < 1.29 is 37.7 Å². The van der Waals surface area contributed by atoms with Gasteiger partial charge in [-0.1, -0.05) is 32.9 Å². The zero-order valence-corrected chi connectivity index (χ0v) is 21.3. The molecule has 0 aliphatic carbocycles. The molecule has 0 aliphatic rings. The molecule has 2 rings (SSSR count). The molecule has 0 saturated carbocycles. The van der Waals surface area contributed by atoms with Crippen LogP contribution in [0.5, 0.6) is 5.75 Å². The fourth-order valence-electron chi connectivity index (χ4n) is 3.26. The highest BCUT2D eigenvalue weighted by Crippen LogP contribution is 2.20. The van der Waals surface area contributed by atoms with E-state index >= 15 is 0 Å². The predicted octanol–water partition coefficient (Wildman–Crippen LogP) is 5.45. The Hall–Kier alpha value is -3.20. The summed E-state index contributed by atoms with van der Waals surface area (Å²) in [6.45, 7) is 8.78. The monoisotopic (exact) mass is 507 g/mol. The van der Waals surface area contributed by atoms with Gasteiger partial charge in [-0.3, -0.25) is 0 Å². The molecule has 9 heteroatoms. The molecular formula is C27H35F2NO6. The SMILES string of the molecule is CCOC(Cc1ccc(OCCN(CCC(C)(C)C)C(=O)OCc2ccc(F)cc2F)cc1)C(=O)O. The Bertz CT molecular complexity index is 991. The lowest BCUT2D eigenvalue weighted by atomic mass is 9.92. The van der Waals surface area contributed by atoms with E-state index in [1.165, 1.54) is 11.0 Å². The van der Waals surface area contributed by atoms with Gasteiger partial charge in [0.25, 0.3) is 0 Å². The molecule has 0 saturated heterocycles. The van der Waals surface area contributed by atoms with Gasteiger partial charge in [-0.2, -0.15) is 0 Å². The zero-order chi connectivity index (χ0) is 26.7. The average Bonchev–Trinajstić information content (AvgIpc) is 2.80. The van der Waals surface area contributed by atoms with Crippen LogP contribution in [0.1, 0.15) is 45.2 Å². The van der Waals surface area contributed by atoms with Crippen LogP contribution in [0.15, 0.2) is 42.5 Å². The molecule has 1 unspecified atom stereocenters. The van der Waals surface area contributed by atoms with Gasteiger partial charge in [0.15, 0.2) is 6.10 Å². The number of nitrogens with zero attached hydrogens (tertiary/aromatic N) is 1. The van der Waals surface area contributed by atoms with Gasteiger partial charge in [-0.15, -0.1) is 0 Å². The van der Waals surface area contributed by atoms with E-state index in [1.807, 2.05) is 0 Å². The smallest absolute Gasteiger partial charge is 0.410 e. The molecule has 36 heavy (non-hydrogen) atoms. The number of hydrogen-bond acceptors (Lipinski definition) is 5. The van der Waals surface area contributed by atoms with Gasteiger partial charge in [0.2, 0.25) is 0 Å². The molecule has 1 N–H and O–H groups in total. The van der Waals surface area contributed by atoms with E-state index < -0.39 is 29.8 Å². The summed E-state index contributed by atoms with van der Waals surface area (Å²) >= 11 is 0. The largest absolute Gasteiger partial charge is 0.492 e. The maximum Gasteiger partial charge on any atom is 0.410 e. The number of carboxylic acid groups (broad SMARTS) is 1. The molecular weight excluding hydrogens is 472 g/mol. The van der Waals surface area contributed by atoms with Crippen LogP contribution in [0, 0.1) is 17.0 Å². The highest BCUT2D eigenvalue weighted by Gasteiger charge is 2.20. The summed E-state index contributed by atoms with van der Waals surface area (Å²) in [6, 6.07) is 10.1. The molecule has 0 spiro atoms. The summed E-state index contributed by atoms with van der Waals surface area (Å²) in [6.07, 6.45) is -0.568. The Labute approximate surface area is 211 Å². The summed E-state index contributed by atoms with van der Waals surface area (Å²) < 4.78 is 43.3. The van der Waals surface area contributed by atoms with Gasteiger partial charge in [0.05, 0.1) is 6.54 Å². The first-order chi connectivity index (χ1) is 17.0. The Balaban J connectivity index is 1.93. The number of amides is 1. The number of benzene rings is 2. The summed E-state index contributed by atoms with van der Waals surface area (Å²) in [7, 11) is 0. The molecule has 0 fully saturated rings. The normalized spacial score (nSPS) is 12.2. The molecule has 0 aliphatic heterocycles.